The van der Waals surface area contributed by atoms with Crippen molar-refractivity contribution in [1.82, 2.24) is 19.9 Å². The predicted molar refractivity (Wildman–Crippen MR) is 121 cm³/mol. The van der Waals surface area contributed by atoms with E-state index < -0.39 is 0 Å². The molecule has 1 aliphatic carbocycles. The monoisotopic (exact) mass is 416 g/mol. The van der Waals surface area contributed by atoms with Gasteiger partial charge in [0.25, 0.3) is 0 Å². The van der Waals surface area contributed by atoms with E-state index in [0.29, 0.717) is 12.5 Å². The quantitative estimate of drug-likeness (QED) is 0.471. The molecular weight excluding hydrogens is 392 g/mol. The zero-order valence-electron chi connectivity index (χ0n) is 16.9. The van der Waals surface area contributed by atoms with Crippen LogP contribution < -0.4 is 5.32 Å². The summed E-state index contributed by atoms with van der Waals surface area (Å²) in [6.45, 7) is 1.90. The van der Waals surface area contributed by atoms with Crippen LogP contribution in [0.4, 0.5) is 0 Å². The van der Waals surface area contributed by atoms with Gasteiger partial charge in [-0.2, -0.15) is 0 Å². The summed E-state index contributed by atoms with van der Waals surface area (Å²) >= 11 is 1.72. The van der Waals surface area contributed by atoms with Crippen molar-refractivity contribution >= 4 is 27.5 Å². The van der Waals surface area contributed by atoms with Gasteiger partial charge in [-0.05, 0) is 37.0 Å². The lowest BCUT2D eigenvalue weighted by Gasteiger charge is -2.17. The number of benzene rings is 2. The van der Waals surface area contributed by atoms with Crippen molar-refractivity contribution < 1.29 is 4.79 Å². The molecular formula is C24H24N4OS. The summed E-state index contributed by atoms with van der Waals surface area (Å²) in [5.74, 6) is 0.136. The molecule has 4 aromatic rings. The maximum absolute atomic E-state index is 11.7. The average molecular weight is 417 g/mol. The highest BCUT2D eigenvalue weighted by Crippen LogP contribution is 2.35. The number of para-hydroxylation sites is 1. The molecule has 1 unspecified atom stereocenters. The minimum atomic E-state index is 0.136. The highest BCUT2D eigenvalue weighted by molar-refractivity contribution is 7.21. The molecule has 1 N–H and O–H groups in total. The molecule has 2 heterocycles. The predicted octanol–water partition coefficient (Wildman–Crippen LogP) is 5.45. The first-order chi connectivity index (χ1) is 14.7. The Hall–Kier alpha value is -2.99. The molecule has 2 atom stereocenters. The van der Waals surface area contributed by atoms with Gasteiger partial charge in [0.1, 0.15) is 5.01 Å². The van der Waals surface area contributed by atoms with Gasteiger partial charge in [-0.3, -0.25) is 4.79 Å². The number of carbonyl (C=O) groups excluding carboxylic acids is 1. The van der Waals surface area contributed by atoms with E-state index in [1.54, 1.807) is 11.3 Å². The number of thiazole rings is 1. The summed E-state index contributed by atoms with van der Waals surface area (Å²) < 4.78 is 3.48. The lowest BCUT2D eigenvalue weighted by molar-refractivity contribution is -0.121. The van der Waals surface area contributed by atoms with Gasteiger partial charge in [0, 0.05) is 24.1 Å². The van der Waals surface area contributed by atoms with Crippen molar-refractivity contribution in [2.75, 3.05) is 0 Å². The number of rotatable bonds is 5. The number of hydrogen-bond donors (Lipinski definition) is 1. The normalized spacial score (nSPS) is 18.7. The molecule has 0 radical (unpaired) electrons. The second-order valence-electron chi connectivity index (χ2n) is 7.84. The SMILES string of the molecule is CCC(=O)NC1CC[C@@H](n2cncc2-c2ccc(-c3nc4ccccc4s3)cc2)C1. The molecule has 0 bridgehead atoms. The molecule has 30 heavy (non-hydrogen) atoms. The van der Waals surface area contributed by atoms with Crippen LogP contribution in [-0.4, -0.2) is 26.5 Å². The summed E-state index contributed by atoms with van der Waals surface area (Å²) in [6.07, 6.45) is 7.43. The number of amides is 1. The minimum absolute atomic E-state index is 0.136. The Morgan fingerprint density at radius 2 is 1.93 bits per heavy atom. The standard InChI is InChI=1S/C24H24N4OS/c1-2-23(29)26-18-11-12-19(13-18)28-15-25-14-21(28)16-7-9-17(10-8-16)24-27-20-5-3-4-6-22(20)30-24/h3-10,14-15,18-19H,2,11-13H2,1H3,(H,26,29)/t18?,19-/m1/s1. The second-order valence-corrected chi connectivity index (χ2v) is 8.87. The van der Waals surface area contributed by atoms with Crippen molar-refractivity contribution in [2.24, 2.45) is 0 Å². The van der Waals surface area contributed by atoms with Crippen molar-refractivity contribution in [3.8, 4) is 21.8 Å². The molecule has 152 valence electrons. The first-order valence-corrected chi connectivity index (χ1v) is 11.3. The van der Waals surface area contributed by atoms with Crippen LogP contribution in [0, 0.1) is 0 Å². The van der Waals surface area contributed by atoms with Gasteiger partial charge < -0.3 is 9.88 Å². The van der Waals surface area contributed by atoms with E-state index in [-0.39, 0.29) is 11.9 Å². The highest BCUT2D eigenvalue weighted by atomic mass is 32.1. The number of nitrogens with zero attached hydrogens (tertiary/aromatic N) is 3. The molecule has 1 aliphatic rings. The van der Waals surface area contributed by atoms with Crippen LogP contribution >= 0.6 is 11.3 Å². The Labute approximate surface area is 179 Å². The molecule has 1 amide bonds. The van der Waals surface area contributed by atoms with Gasteiger partial charge in [-0.1, -0.05) is 43.3 Å². The number of hydrogen-bond acceptors (Lipinski definition) is 4. The fourth-order valence-corrected chi connectivity index (χ4v) is 5.24. The molecule has 1 fully saturated rings. The van der Waals surface area contributed by atoms with E-state index in [2.05, 4.69) is 57.3 Å². The lowest BCUT2D eigenvalue weighted by atomic mass is 10.1. The van der Waals surface area contributed by atoms with E-state index >= 15 is 0 Å². The number of imidazole rings is 1. The number of carbonyl (C=O) groups is 1. The highest BCUT2D eigenvalue weighted by Gasteiger charge is 2.28. The maximum atomic E-state index is 11.7. The maximum Gasteiger partial charge on any atom is 0.219 e. The minimum Gasteiger partial charge on any atom is -0.353 e. The molecule has 6 heteroatoms. The number of fused-ring (bicyclic) bond motifs is 1. The van der Waals surface area contributed by atoms with Gasteiger partial charge in [0.2, 0.25) is 5.91 Å². The van der Waals surface area contributed by atoms with Crippen LogP contribution in [0.5, 0.6) is 0 Å². The molecule has 2 aromatic heterocycles. The fraction of sp³-hybridized carbons (Fsp3) is 0.292. The second kappa shape index (κ2) is 8.03. The van der Waals surface area contributed by atoms with Gasteiger partial charge in [0.15, 0.2) is 0 Å². The first-order valence-electron chi connectivity index (χ1n) is 10.5. The van der Waals surface area contributed by atoms with Gasteiger partial charge in [0.05, 0.1) is 28.4 Å². The van der Waals surface area contributed by atoms with Crippen molar-refractivity contribution in [3.05, 3.63) is 61.1 Å². The van der Waals surface area contributed by atoms with Crippen molar-refractivity contribution in [2.45, 2.75) is 44.7 Å². The third kappa shape index (κ3) is 3.63. The third-order valence-corrected chi connectivity index (χ3v) is 6.96. The summed E-state index contributed by atoms with van der Waals surface area (Å²) in [4.78, 5) is 20.9. The Kier molecular flexibility index (Phi) is 5.09. The van der Waals surface area contributed by atoms with Crippen molar-refractivity contribution in [3.63, 3.8) is 0 Å². The topological polar surface area (TPSA) is 59.8 Å². The Balaban J connectivity index is 1.36. The van der Waals surface area contributed by atoms with E-state index in [9.17, 15) is 4.79 Å². The zero-order chi connectivity index (χ0) is 20.5. The van der Waals surface area contributed by atoms with Crippen molar-refractivity contribution in [1.29, 1.82) is 0 Å². The Morgan fingerprint density at radius 1 is 1.13 bits per heavy atom. The first kappa shape index (κ1) is 19.0. The third-order valence-electron chi connectivity index (χ3n) is 5.87. The molecule has 0 saturated heterocycles. The summed E-state index contributed by atoms with van der Waals surface area (Å²) in [7, 11) is 0. The summed E-state index contributed by atoms with van der Waals surface area (Å²) in [6, 6.07) is 17.5. The molecule has 5 rings (SSSR count). The molecule has 1 saturated carbocycles. The molecule has 2 aromatic carbocycles. The van der Waals surface area contributed by atoms with Crippen LogP contribution in [0.25, 0.3) is 32.0 Å². The van der Waals surface area contributed by atoms with Gasteiger partial charge in [-0.15, -0.1) is 11.3 Å². The fourth-order valence-electron chi connectivity index (χ4n) is 4.27. The smallest absolute Gasteiger partial charge is 0.219 e. The van der Waals surface area contributed by atoms with Crippen LogP contribution in [-0.2, 0) is 4.79 Å². The summed E-state index contributed by atoms with van der Waals surface area (Å²) in [5.41, 5.74) is 4.46. The lowest BCUT2D eigenvalue weighted by Crippen LogP contribution is -2.32. The van der Waals surface area contributed by atoms with E-state index in [1.165, 1.54) is 4.70 Å². The average Bonchev–Trinajstić information content (AvgIpc) is 3.52. The van der Waals surface area contributed by atoms with E-state index in [1.807, 2.05) is 25.5 Å². The van der Waals surface area contributed by atoms with Crippen LogP contribution in [0.3, 0.4) is 0 Å². The molecule has 0 aliphatic heterocycles. The largest absolute Gasteiger partial charge is 0.353 e. The van der Waals surface area contributed by atoms with Crippen LogP contribution in [0.2, 0.25) is 0 Å². The van der Waals surface area contributed by atoms with E-state index in [0.717, 1.165) is 46.6 Å². The molecule has 0 spiro atoms. The number of nitrogens with one attached hydrogen (secondary N) is 1. The summed E-state index contributed by atoms with van der Waals surface area (Å²) in [5, 5.41) is 4.18. The zero-order valence-corrected chi connectivity index (χ0v) is 17.7. The van der Waals surface area contributed by atoms with Crippen LogP contribution in [0.15, 0.2) is 61.1 Å². The van der Waals surface area contributed by atoms with Crippen LogP contribution in [0.1, 0.15) is 38.6 Å². The Morgan fingerprint density at radius 3 is 2.73 bits per heavy atom. The van der Waals surface area contributed by atoms with Gasteiger partial charge in [-0.25, -0.2) is 9.97 Å². The van der Waals surface area contributed by atoms with E-state index in [4.69, 9.17) is 4.98 Å². The number of aromatic nitrogens is 3. The van der Waals surface area contributed by atoms with Gasteiger partial charge >= 0.3 is 0 Å². The molecule has 5 nitrogen and oxygen atoms in total. The Bertz CT molecular complexity index is 1140.